The van der Waals surface area contributed by atoms with Gasteiger partial charge in [0.2, 0.25) is 0 Å². The number of aliphatic hydroxyl groups is 1. The highest BCUT2D eigenvalue weighted by molar-refractivity contribution is 5.17. The molecule has 0 spiro atoms. The van der Waals surface area contributed by atoms with Crippen LogP contribution in [0.25, 0.3) is 10.4 Å². The summed E-state index contributed by atoms with van der Waals surface area (Å²) in [5, 5.41) is 14.0. The predicted octanol–water partition coefficient (Wildman–Crippen LogP) is 3.08. The van der Waals surface area contributed by atoms with Gasteiger partial charge in [-0.05, 0) is 11.1 Å². The van der Waals surface area contributed by atoms with Crippen molar-refractivity contribution in [2.24, 2.45) is 5.11 Å². The zero-order valence-corrected chi connectivity index (χ0v) is 15.1. The van der Waals surface area contributed by atoms with Crippen LogP contribution in [-0.2, 0) is 25.6 Å². The topological polar surface area (TPSA) is 106 Å². The van der Waals surface area contributed by atoms with Gasteiger partial charge in [-0.25, -0.2) is 0 Å². The van der Waals surface area contributed by atoms with Crippen LogP contribution in [0.5, 0.6) is 0 Å². The van der Waals surface area contributed by atoms with Gasteiger partial charge >= 0.3 is 0 Å². The van der Waals surface area contributed by atoms with E-state index in [2.05, 4.69) is 10.0 Å². The van der Waals surface area contributed by atoms with Crippen LogP contribution in [0.4, 0.5) is 0 Å². The molecular formula is C20H21N3O5. The number of hydrogen-bond acceptors (Lipinski definition) is 6. The van der Waals surface area contributed by atoms with Crippen molar-refractivity contribution in [2.45, 2.75) is 43.5 Å². The number of rotatable bonds is 5. The third-order valence-corrected chi connectivity index (χ3v) is 4.87. The standard InChI is InChI=1S/C20H21N3O5/c21-23-22-16-18(25-11-13-7-3-1-4-8-13)17-15(27-19(16)24)12-26-20(28-17)14-9-5-2-6-10-14/h1-10,15-20,24H,11-12H2/t15-,16-,17-,18-,19?,20-/m1/s1. The number of benzene rings is 2. The van der Waals surface area contributed by atoms with Gasteiger partial charge in [0.1, 0.15) is 24.4 Å². The van der Waals surface area contributed by atoms with Crippen LogP contribution in [-0.4, -0.2) is 42.4 Å². The molecule has 8 nitrogen and oxygen atoms in total. The third kappa shape index (κ3) is 4.02. The Labute approximate surface area is 162 Å². The second kappa shape index (κ2) is 8.70. The first-order valence-electron chi connectivity index (χ1n) is 9.11. The normalized spacial score (nSPS) is 32.2. The lowest BCUT2D eigenvalue weighted by Crippen LogP contribution is -2.61. The molecule has 2 aromatic rings. The highest BCUT2D eigenvalue weighted by Crippen LogP contribution is 2.36. The smallest absolute Gasteiger partial charge is 0.184 e. The van der Waals surface area contributed by atoms with E-state index in [9.17, 15) is 5.11 Å². The van der Waals surface area contributed by atoms with Gasteiger partial charge in [0.25, 0.3) is 0 Å². The Hall–Kier alpha value is -2.45. The SMILES string of the molecule is [N-]=[N+]=N[C@H]1C(O)O[C@@H]2CO[C@@H](c3ccccc3)O[C@H]2[C@@H]1OCc1ccccc1. The lowest BCUT2D eigenvalue weighted by Gasteiger charge is -2.47. The molecule has 6 atom stereocenters. The molecule has 1 N–H and O–H groups in total. The van der Waals surface area contributed by atoms with E-state index in [4.69, 9.17) is 24.5 Å². The van der Waals surface area contributed by atoms with Crippen LogP contribution >= 0.6 is 0 Å². The Kier molecular flexibility index (Phi) is 5.87. The van der Waals surface area contributed by atoms with Crippen molar-refractivity contribution in [1.29, 1.82) is 0 Å². The van der Waals surface area contributed by atoms with Crippen molar-refractivity contribution < 1.29 is 24.1 Å². The van der Waals surface area contributed by atoms with E-state index in [1.807, 2.05) is 60.7 Å². The van der Waals surface area contributed by atoms with Crippen LogP contribution < -0.4 is 0 Å². The number of azide groups is 1. The maximum Gasteiger partial charge on any atom is 0.184 e. The molecule has 2 heterocycles. The molecular weight excluding hydrogens is 362 g/mol. The Morgan fingerprint density at radius 2 is 1.79 bits per heavy atom. The van der Waals surface area contributed by atoms with Crippen molar-refractivity contribution in [3.05, 3.63) is 82.2 Å². The van der Waals surface area contributed by atoms with Crippen molar-refractivity contribution >= 4 is 0 Å². The largest absolute Gasteiger partial charge is 0.370 e. The summed E-state index contributed by atoms with van der Waals surface area (Å²) in [6.07, 6.45) is -3.64. The molecule has 2 aromatic carbocycles. The van der Waals surface area contributed by atoms with E-state index < -0.39 is 36.9 Å². The fraction of sp³-hybridized carbons (Fsp3) is 0.400. The fourth-order valence-electron chi connectivity index (χ4n) is 3.50. The first kappa shape index (κ1) is 18.9. The average Bonchev–Trinajstić information content (AvgIpc) is 2.75. The van der Waals surface area contributed by atoms with Gasteiger partial charge in [0, 0.05) is 10.5 Å². The van der Waals surface area contributed by atoms with Gasteiger partial charge < -0.3 is 24.1 Å². The van der Waals surface area contributed by atoms with Crippen molar-refractivity contribution in [3.8, 4) is 0 Å². The highest BCUT2D eigenvalue weighted by atomic mass is 16.7. The Bertz CT molecular complexity index is 815. The first-order valence-corrected chi connectivity index (χ1v) is 9.11. The maximum atomic E-state index is 10.3. The number of nitrogens with zero attached hydrogens (tertiary/aromatic N) is 3. The summed E-state index contributed by atoms with van der Waals surface area (Å²) in [6.45, 7) is 0.522. The number of aliphatic hydroxyl groups excluding tert-OH is 1. The summed E-state index contributed by atoms with van der Waals surface area (Å²) < 4.78 is 23.6. The van der Waals surface area contributed by atoms with Gasteiger partial charge in [0.15, 0.2) is 12.6 Å². The lowest BCUT2D eigenvalue weighted by atomic mass is 9.96. The van der Waals surface area contributed by atoms with Gasteiger partial charge in [-0.3, -0.25) is 0 Å². The van der Waals surface area contributed by atoms with Gasteiger partial charge in [-0.2, -0.15) is 0 Å². The van der Waals surface area contributed by atoms with E-state index in [1.165, 1.54) is 0 Å². The van der Waals surface area contributed by atoms with Gasteiger partial charge in [-0.15, -0.1) is 0 Å². The zero-order chi connectivity index (χ0) is 19.3. The van der Waals surface area contributed by atoms with E-state index in [0.29, 0.717) is 6.61 Å². The van der Waals surface area contributed by atoms with E-state index in [1.54, 1.807) is 0 Å². The van der Waals surface area contributed by atoms with Crippen LogP contribution in [0, 0.1) is 0 Å². The van der Waals surface area contributed by atoms with Crippen LogP contribution in [0.2, 0.25) is 0 Å². The monoisotopic (exact) mass is 383 g/mol. The van der Waals surface area contributed by atoms with Gasteiger partial charge in [-0.1, -0.05) is 65.8 Å². The minimum absolute atomic E-state index is 0.232. The van der Waals surface area contributed by atoms with Crippen LogP contribution in [0.15, 0.2) is 65.8 Å². The highest BCUT2D eigenvalue weighted by Gasteiger charge is 2.50. The lowest BCUT2D eigenvalue weighted by molar-refractivity contribution is -0.341. The summed E-state index contributed by atoms with van der Waals surface area (Å²) >= 11 is 0. The van der Waals surface area contributed by atoms with Crippen molar-refractivity contribution in [3.63, 3.8) is 0 Å². The molecule has 28 heavy (non-hydrogen) atoms. The summed E-state index contributed by atoms with van der Waals surface area (Å²) in [5.41, 5.74) is 10.8. The molecule has 8 heteroatoms. The molecule has 0 aromatic heterocycles. The number of hydrogen-bond donors (Lipinski definition) is 1. The summed E-state index contributed by atoms with van der Waals surface area (Å²) in [6, 6.07) is 18.3. The molecule has 2 fully saturated rings. The minimum atomic E-state index is -1.29. The third-order valence-electron chi connectivity index (χ3n) is 4.87. The van der Waals surface area contributed by atoms with E-state index in [0.717, 1.165) is 11.1 Å². The van der Waals surface area contributed by atoms with Gasteiger partial charge in [0.05, 0.1) is 13.2 Å². The molecule has 2 aliphatic rings. The summed E-state index contributed by atoms with van der Waals surface area (Å²) in [5.74, 6) is 0. The molecule has 0 aliphatic carbocycles. The average molecular weight is 383 g/mol. The Balaban J connectivity index is 1.56. The van der Waals surface area contributed by atoms with Crippen molar-refractivity contribution in [2.75, 3.05) is 6.61 Å². The summed E-state index contributed by atoms with van der Waals surface area (Å²) in [7, 11) is 0. The molecule has 0 amide bonds. The zero-order valence-electron chi connectivity index (χ0n) is 15.1. The molecule has 1 unspecified atom stereocenters. The molecule has 0 radical (unpaired) electrons. The molecule has 146 valence electrons. The van der Waals surface area contributed by atoms with E-state index in [-0.39, 0.29) is 6.61 Å². The second-order valence-electron chi connectivity index (χ2n) is 6.70. The molecule has 0 saturated carbocycles. The number of ether oxygens (including phenoxy) is 4. The van der Waals surface area contributed by atoms with E-state index >= 15 is 0 Å². The second-order valence-corrected chi connectivity index (χ2v) is 6.70. The van der Waals surface area contributed by atoms with Crippen LogP contribution in [0.1, 0.15) is 17.4 Å². The van der Waals surface area contributed by atoms with Crippen molar-refractivity contribution in [1.82, 2.24) is 0 Å². The van der Waals surface area contributed by atoms with Crippen LogP contribution in [0.3, 0.4) is 0 Å². The quantitative estimate of drug-likeness (QED) is 0.485. The predicted molar refractivity (Wildman–Crippen MR) is 98.8 cm³/mol. The molecule has 4 rings (SSSR count). The molecule has 2 aliphatic heterocycles. The first-order chi connectivity index (χ1) is 13.8. The fourth-order valence-corrected chi connectivity index (χ4v) is 3.50. The summed E-state index contributed by atoms with van der Waals surface area (Å²) in [4.78, 5) is 2.85. The minimum Gasteiger partial charge on any atom is -0.370 e. The number of fused-ring (bicyclic) bond motifs is 1. The molecule has 0 bridgehead atoms. The Morgan fingerprint density at radius 1 is 1.07 bits per heavy atom. The maximum absolute atomic E-state index is 10.3. The Morgan fingerprint density at radius 3 is 2.50 bits per heavy atom. The molecule has 2 saturated heterocycles.